The number of urea groups is 1. The number of benzene rings is 1. The molecule has 0 aliphatic carbocycles. The minimum absolute atomic E-state index is 0.180. The first-order chi connectivity index (χ1) is 13.1. The van der Waals surface area contributed by atoms with Gasteiger partial charge in [-0.25, -0.2) is 4.79 Å². The highest BCUT2D eigenvalue weighted by Crippen LogP contribution is 2.22. The number of carbonyl (C=O) groups excluding carboxylic acids is 1. The van der Waals surface area contributed by atoms with Gasteiger partial charge in [0.05, 0.1) is 12.1 Å². The molecule has 9 nitrogen and oxygen atoms in total. The SMILES string of the molecule is Cc1noc(-c2cccn3c(CNC(=O)Nc4cccc(Cl)c4)nnc23)n1. The monoisotopic (exact) mass is 383 g/mol. The van der Waals surface area contributed by atoms with E-state index in [0.717, 1.165) is 0 Å². The van der Waals surface area contributed by atoms with Gasteiger partial charge in [-0.3, -0.25) is 4.40 Å². The Morgan fingerprint density at radius 3 is 2.93 bits per heavy atom. The summed E-state index contributed by atoms with van der Waals surface area (Å²) in [6.45, 7) is 1.92. The van der Waals surface area contributed by atoms with Crippen molar-refractivity contribution < 1.29 is 9.32 Å². The summed E-state index contributed by atoms with van der Waals surface area (Å²) < 4.78 is 6.97. The Morgan fingerprint density at radius 1 is 1.26 bits per heavy atom. The van der Waals surface area contributed by atoms with Crippen LogP contribution < -0.4 is 10.6 Å². The molecule has 0 fully saturated rings. The van der Waals surface area contributed by atoms with Crippen LogP contribution in [0.5, 0.6) is 0 Å². The smallest absolute Gasteiger partial charge is 0.319 e. The molecule has 3 heterocycles. The van der Waals surface area contributed by atoms with Gasteiger partial charge >= 0.3 is 6.03 Å². The molecule has 10 heteroatoms. The van der Waals surface area contributed by atoms with E-state index in [1.807, 2.05) is 12.1 Å². The number of amides is 2. The van der Waals surface area contributed by atoms with Crippen LogP contribution in [0.4, 0.5) is 10.5 Å². The van der Waals surface area contributed by atoms with Crippen molar-refractivity contribution in [1.29, 1.82) is 0 Å². The molecule has 0 spiro atoms. The van der Waals surface area contributed by atoms with Crippen LogP contribution in [0.3, 0.4) is 0 Å². The molecule has 0 atom stereocenters. The highest BCUT2D eigenvalue weighted by atomic mass is 35.5. The number of rotatable bonds is 4. The van der Waals surface area contributed by atoms with Gasteiger partial charge in [-0.1, -0.05) is 22.8 Å². The number of nitrogens with zero attached hydrogens (tertiary/aromatic N) is 5. The maximum Gasteiger partial charge on any atom is 0.319 e. The largest absolute Gasteiger partial charge is 0.334 e. The van der Waals surface area contributed by atoms with Crippen molar-refractivity contribution in [1.82, 2.24) is 30.1 Å². The van der Waals surface area contributed by atoms with Crippen LogP contribution in [0.25, 0.3) is 17.1 Å². The van der Waals surface area contributed by atoms with E-state index >= 15 is 0 Å². The van der Waals surface area contributed by atoms with E-state index in [1.54, 1.807) is 41.8 Å². The Morgan fingerprint density at radius 2 is 2.15 bits per heavy atom. The number of hydrogen-bond donors (Lipinski definition) is 2. The van der Waals surface area contributed by atoms with E-state index in [-0.39, 0.29) is 12.6 Å². The van der Waals surface area contributed by atoms with Gasteiger partial charge in [0.25, 0.3) is 5.89 Å². The zero-order chi connectivity index (χ0) is 18.8. The predicted molar refractivity (Wildman–Crippen MR) is 98.3 cm³/mol. The molecule has 4 rings (SSSR count). The number of anilines is 1. The molecule has 0 radical (unpaired) electrons. The molecule has 2 amide bonds. The average molecular weight is 384 g/mol. The van der Waals surface area contributed by atoms with Crippen LogP contribution >= 0.6 is 11.6 Å². The maximum absolute atomic E-state index is 12.1. The first kappa shape index (κ1) is 17.0. The summed E-state index contributed by atoms with van der Waals surface area (Å²) in [4.78, 5) is 16.3. The van der Waals surface area contributed by atoms with Gasteiger partial charge in [0.2, 0.25) is 0 Å². The summed E-state index contributed by atoms with van der Waals surface area (Å²) in [6, 6.07) is 10.2. The number of aryl methyl sites for hydroxylation is 1. The zero-order valence-corrected chi connectivity index (χ0v) is 14.9. The van der Waals surface area contributed by atoms with Crippen molar-refractivity contribution in [3.05, 3.63) is 59.3 Å². The Kier molecular flexibility index (Phi) is 4.43. The van der Waals surface area contributed by atoms with Gasteiger partial charge in [-0.05, 0) is 37.3 Å². The van der Waals surface area contributed by atoms with Crippen molar-refractivity contribution in [2.45, 2.75) is 13.5 Å². The minimum atomic E-state index is -0.377. The van der Waals surface area contributed by atoms with Gasteiger partial charge in [0.1, 0.15) is 0 Å². The molecule has 0 aliphatic rings. The fraction of sp³-hybridized carbons (Fsp3) is 0.118. The molecule has 0 aliphatic heterocycles. The lowest BCUT2D eigenvalue weighted by Gasteiger charge is -2.07. The van der Waals surface area contributed by atoms with Crippen LogP contribution in [0.2, 0.25) is 5.02 Å². The molecule has 0 bridgehead atoms. The summed E-state index contributed by atoms with van der Waals surface area (Å²) in [7, 11) is 0. The standard InChI is InChI=1S/C17H14ClN7O2/c1-10-20-16(27-24-10)13-6-3-7-25-14(22-23-15(13)25)9-19-17(26)21-12-5-2-4-11(18)8-12/h2-8H,9H2,1H3,(H2,19,21,26). The predicted octanol–water partition coefficient (Wildman–Crippen LogP) is 3.06. The van der Waals surface area contributed by atoms with E-state index in [9.17, 15) is 4.79 Å². The molecule has 0 saturated heterocycles. The summed E-state index contributed by atoms with van der Waals surface area (Å²) in [5, 5.41) is 18.1. The van der Waals surface area contributed by atoms with E-state index in [4.69, 9.17) is 16.1 Å². The van der Waals surface area contributed by atoms with Crippen LogP contribution in [-0.4, -0.2) is 30.8 Å². The molecule has 3 aromatic heterocycles. The van der Waals surface area contributed by atoms with Gasteiger partial charge in [0.15, 0.2) is 17.3 Å². The number of aromatic nitrogens is 5. The van der Waals surface area contributed by atoms with Crippen LogP contribution in [0.15, 0.2) is 47.1 Å². The van der Waals surface area contributed by atoms with Crippen LogP contribution in [0.1, 0.15) is 11.6 Å². The lowest BCUT2D eigenvalue weighted by atomic mass is 10.2. The molecule has 1 aromatic carbocycles. The van der Waals surface area contributed by atoms with Crippen molar-refractivity contribution in [3.8, 4) is 11.5 Å². The maximum atomic E-state index is 12.1. The van der Waals surface area contributed by atoms with Crippen molar-refractivity contribution in [2.24, 2.45) is 0 Å². The quantitative estimate of drug-likeness (QED) is 0.560. The number of halogens is 1. The molecule has 0 saturated carbocycles. The number of fused-ring (bicyclic) bond motifs is 1. The van der Waals surface area contributed by atoms with Crippen molar-refractivity contribution in [3.63, 3.8) is 0 Å². The second kappa shape index (κ2) is 7.04. The number of carbonyl (C=O) groups is 1. The Labute approximate surface area is 158 Å². The highest BCUT2D eigenvalue weighted by Gasteiger charge is 2.15. The third-order valence-electron chi connectivity index (χ3n) is 3.75. The number of pyridine rings is 1. The molecule has 2 N–H and O–H groups in total. The minimum Gasteiger partial charge on any atom is -0.334 e. The topological polar surface area (TPSA) is 110 Å². The van der Waals surface area contributed by atoms with Gasteiger partial charge in [-0.15, -0.1) is 10.2 Å². The third kappa shape index (κ3) is 3.58. The molecule has 136 valence electrons. The van der Waals surface area contributed by atoms with Crippen LogP contribution in [-0.2, 0) is 6.54 Å². The summed E-state index contributed by atoms with van der Waals surface area (Å²) in [5.74, 6) is 1.46. The lowest BCUT2D eigenvalue weighted by molar-refractivity contribution is 0.251. The second-order valence-corrected chi connectivity index (χ2v) is 6.13. The average Bonchev–Trinajstić information content (AvgIpc) is 3.26. The summed E-state index contributed by atoms with van der Waals surface area (Å²) >= 11 is 5.91. The van der Waals surface area contributed by atoms with Gasteiger partial charge < -0.3 is 15.2 Å². The third-order valence-corrected chi connectivity index (χ3v) is 3.99. The Bertz CT molecular complexity index is 1120. The molecular formula is C17H14ClN7O2. The lowest BCUT2D eigenvalue weighted by Crippen LogP contribution is -2.29. The Balaban J connectivity index is 1.50. The molecule has 0 unspecified atom stereocenters. The normalized spacial score (nSPS) is 10.9. The van der Waals surface area contributed by atoms with Crippen molar-refractivity contribution >= 4 is 29.0 Å². The van der Waals surface area contributed by atoms with E-state index in [0.29, 0.717) is 39.5 Å². The van der Waals surface area contributed by atoms with Crippen LogP contribution in [0, 0.1) is 6.92 Å². The first-order valence-corrected chi connectivity index (χ1v) is 8.42. The summed E-state index contributed by atoms with van der Waals surface area (Å²) in [5.41, 5.74) is 1.83. The van der Waals surface area contributed by atoms with Crippen molar-refractivity contribution in [2.75, 3.05) is 5.32 Å². The van der Waals surface area contributed by atoms with Gasteiger partial charge in [-0.2, -0.15) is 4.98 Å². The molecule has 27 heavy (non-hydrogen) atoms. The van der Waals surface area contributed by atoms with E-state index in [2.05, 4.69) is 31.0 Å². The first-order valence-electron chi connectivity index (χ1n) is 8.04. The molecule has 4 aromatic rings. The highest BCUT2D eigenvalue weighted by molar-refractivity contribution is 6.30. The zero-order valence-electron chi connectivity index (χ0n) is 14.2. The Hall–Kier alpha value is -3.46. The van der Waals surface area contributed by atoms with Gasteiger partial charge in [0, 0.05) is 16.9 Å². The summed E-state index contributed by atoms with van der Waals surface area (Å²) in [6.07, 6.45) is 1.80. The number of nitrogens with one attached hydrogen (secondary N) is 2. The fourth-order valence-corrected chi connectivity index (χ4v) is 2.75. The fourth-order valence-electron chi connectivity index (χ4n) is 2.56. The molecular weight excluding hydrogens is 370 g/mol. The van der Waals surface area contributed by atoms with E-state index < -0.39 is 0 Å². The van der Waals surface area contributed by atoms with E-state index in [1.165, 1.54) is 0 Å². The number of hydrogen-bond acceptors (Lipinski definition) is 6. The second-order valence-electron chi connectivity index (χ2n) is 5.70.